The van der Waals surface area contributed by atoms with Crippen molar-refractivity contribution in [1.29, 1.82) is 0 Å². The Kier molecular flexibility index (Phi) is 6.89. The summed E-state index contributed by atoms with van der Waals surface area (Å²) < 4.78 is 40.8. The molecule has 0 bridgehead atoms. The Balaban J connectivity index is 1.88. The predicted molar refractivity (Wildman–Crippen MR) is 121 cm³/mol. The van der Waals surface area contributed by atoms with Gasteiger partial charge in [0.2, 0.25) is 0 Å². The van der Waals surface area contributed by atoms with Crippen LogP contribution in [0.2, 0.25) is 0 Å². The van der Waals surface area contributed by atoms with E-state index in [9.17, 15) is 22.7 Å². The third kappa shape index (κ3) is 5.30. The number of phenols is 1. The summed E-state index contributed by atoms with van der Waals surface area (Å²) in [5, 5.41) is 13.9. The monoisotopic (exact) mass is 455 g/mol. The van der Waals surface area contributed by atoms with Gasteiger partial charge in [0.1, 0.15) is 18.1 Å². The zero-order valence-electron chi connectivity index (χ0n) is 17.5. The Hall–Kier alpha value is -3.72. The number of sulfonamides is 1. The van der Waals surface area contributed by atoms with E-state index in [1.807, 2.05) is 6.92 Å². The number of carbonyl (C=O) groups excluding carboxylic acids is 1. The molecule has 0 aromatic heterocycles. The van der Waals surface area contributed by atoms with Crippen molar-refractivity contribution in [2.75, 3.05) is 10.8 Å². The van der Waals surface area contributed by atoms with Crippen molar-refractivity contribution in [2.24, 2.45) is 5.10 Å². The van der Waals surface area contributed by atoms with E-state index in [1.165, 1.54) is 30.3 Å². The number of hydrogen-bond acceptors (Lipinski definition) is 5. The SMILES string of the molecule is C/C(=N/NC(=O)CN(c1ccc(F)cc1)S(=O)(=O)c1ccc(C)cc1)c1ccccc1O. The first-order valence-corrected chi connectivity index (χ1v) is 11.1. The molecule has 0 radical (unpaired) electrons. The molecule has 7 nitrogen and oxygen atoms in total. The average Bonchev–Trinajstić information content (AvgIpc) is 2.77. The minimum atomic E-state index is -4.11. The second-order valence-electron chi connectivity index (χ2n) is 7.05. The summed E-state index contributed by atoms with van der Waals surface area (Å²) in [4.78, 5) is 12.6. The van der Waals surface area contributed by atoms with Crippen molar-refractivity contribution in [3.63, 3.8) is 0 Å². The molecular weight excluding hydrogens is 433 g/mol. The first kappa shape index (κ1) is 23.0. The van der Waals surface area contributed by atoms with Gasteiger partial charge in [-0.05, 0) is 62.4 Å². The second-order valence-corrected chi connectivity index (χ2v) is 8.91. The first-order chi connectivity index (χ1) is 15.2. The first-order valence-electron chi connectivity index (χ1n) is 9.65. The van der Waals surface area contributed by atoms with Crippen LogP contribution in [0.15, 0.2) is 82.8 Å². The minimum Gasteiger partial charge on any atom is -0.507 e. The van der Waals surface area contributed by atoms with Crippen LogP contribution < -0.4 is 9.73 Å². The summed E-state index contributed by atoms with van der Waals surface area (Å²) in [6.07, 6.45) is 0. The minimum absolute atomic E-state index is 0.00196. The van der Waals surface area contributed by atoms with Crippen LogP contribution in [0.25, 0.3) is 0 Å². The fraction of sp³-hybridized carbons (Fsp3) is 0.130. The molecule has 0 heterocycles. The maximum Gasteiger partial charge on any atom is 0.264 e. The molecule has 3 aromatic rings. The van der Waals surface area contributed by atoms with Crippen LogP contribution in [0.1, 0.15) is 18.1 Å². The molecule has 1 amide bonds. The maximum atomic E-state index is 13.4. The van der Waals surface area contributed by atoms with Gasteiger partial charge < -0.3 is 5.11 Å². The highest BCUT2D eigenvalue weighted by molar-refractivity contribution is 7.92. The summed E-state index contributed by atoms with van der Waals surface area (Å²) in [6, 6.07) is 17.5. The Morgan fingerprint density at radius 1 is 1.03 bits per heavy atom. The molecule has 9 heteroatoms. The summed E-state index contributed by atoms with van der Waals surface area (Å²) in [6.45, 7) is 2.84. The Morgan fingerprint density at radius 3 is 2.28 bits per heavy atom. The van der Waals surface area contributed by atoms with Gasteiger partial charge in [0.25, 0.3) is 15.9 Å². The zero-order chi connectivity index (χ0) is 23.3. The largest absolute Gasteiger partial charge is 0.507 e. The van der Waals surface area contributed by atoms with Crippen LogP contribution in [-0.2, 0) is 14.8 Å². The number of carbonyl (C=O) groups is 1. The van der Waals surface area contributed by atoms with Gasteiger partial charge >= 0.3 is 0 Å². The topological polar surface area (TPSA) is 99.1 Å². The van der Waals surface area contributed by atoms with Crippen LogP contribution in [-0.4, -0.2) is 31.7 Å². The van der Waals surface area contributed by atoms with Gasteiger partial charge in [0.15, 0.2) is 0 Å². The highest BCUT2D eigenvalue weighted by Crippen LogP contribution is 2.24. The lowest BCUT2D eigenvalue weighted by atomic mass is 10.1. The van der Waals surface area contributed by atoms with E-state index in [4.69, 9.17) is 0 Å². The van der Waals surface area contributed by atoms with Gasteiger partial charge in [-0.1, -0.05) is 29.8 Å². The molecule has 0 aliphatic carbocycles. The van der Waals surface area contributed by atoms with Gasteiger partial charge in [-0.2, -0.15) is 5.10 Å². The molecule has 166 valence electrons. The van der Waals surface area contributed by atoms with Gasteiger partial charge in [-0.15, -0.1) is 0 Å². The number of para-hydroxylation sites is 1. The molecule has 0 aliphatic heterocycles. The van der Waals surface area contributed by atoms with Crippen LogP contribution in [0, 0.1) is 12.7 Å². The van der Waals surface area contributed by atoms with Gasteiger partial charge in [-0.3, -0.25) is 9.10 Å². The Labute approximate surface area is 185 Å². The number of hydrazone groups is 1. The van der Waals surface area contributed by atoms with Crippen molar-refractivity contribution < 1.29 is 22.7 Å². The van der Waals surface area contributed by atoms with Crippen molar-refractivity contribution >= 4 is 27.3 Å². The smallest absolute Gasteiger partial charge is 0.264 e. The predicted octanol–water partition coefficient (Wildman–Crippen LogP) is 3.58. The third-order valence-corrected chi connectivity index (χ3v) is 6.44. The zero-order valence-corrected chi connectivity index (χ0v) is 18.3. The molecule has 0 fully saturated rings. The lowest BCUT2D eigenvalue weighted by molar-refractivity contribution is -0.119. The Bertz CT molecular complexity index is 1240. The number of nitrogens with one attached hydrogen (secondary N) is 1. The number of anilines is 1. The standard InChI is InChI=1S/C23H22FN3O4S/c1-16-7-13-20(14-8-16)32(30,31)27(19-11-9-18(24)10-12-19)15-23(29)26-25-17(2)21-5-3-4-6-22(21)28/h3-14,28H,15H2,1-2H3,(H,26,29)/b25-17-. The normalized spacial score (nSPS) is 11.8. The van der Waals surface area contributed by atoms with Crippen molar-refractivity contribution in [1.82, 2.24) is 5.43 Å². The average molecular weight is 456 g/mol. The van der Waals surface area contributed by atoms with Gasteiger partial charge in [-0.25, -0.2) is 18.2 Å². The van der Waals surface area contributed by atoms with Crippen LogP contribution in [0.5, 0.6) is 5.75 Å². The lowest BCUT2D eigenvalue weighted by Gasteiger charge is -2.23. The second kappa shape index (κ2) is 9.61. The molecule has 3 rings (SSSR count). The molecule has 0 unspecified atom stereocenters. The third-order valence-electron chi connectivity index (χ3n) is 4.65. The number of rotatable bonds is 7. The van der Waals surface area contributed by atoms with Crippen molar-refractivity contribution in [3.05, 3.63) is 89.7 Å². The molecule has 32 heavy (non-hydrogen) atoms. The Morgan fingerprint density at radius 2 is 1.66 bits per heavy atom. The summed E-state index contributed by atoms with van der Waals surface area (Å²) in [7, 11) is -4.11. The van der Waals surface area contributed by atoms with E-state index in [0.29, 0.717) is 11.3 Å². The van der Waals surface area contributed by atoms with Crippen LogP contribution >= 0.6 is 0 Å². The molecule has 2 N–H and O–H groups in total. The van der Waals surface area contributed by atoms with E-state index in [0.717, 1.165) is 22.0 Å². The number of aromatic hydroxyl groups is 1. The molecular formula is C23H22FN3O4S. The quantitative estimate of drug-likeness (QED) is 0.420. The number of phenolic OH excluding ortho intramolecular Hbond substituents is 1. The number of halogens is 1. The van der Waals surface area contributed by atoms with Gasteiger partial charge in [0, 0.05) is 5.56 Å². The van der Waals surface area contributed by atoms with E-state index < -0.39 is 28.3 Å². The summed E-state index contributed by atoms with van der Waals surface area (Å²) in [5.41, 5.74) is 4.08. The number of amides is 1. The molecule has 0 saturated heterocycles. The van der Waals surface area contributed by atoms with Crippen LogP contribution in [0.4, 0.5) is 10.1 Å². The summed E-state index contributed by atoms with van der Waals surface area (Å²) in [5.74, 6) is -1.24. The lowest BCUT2D eigenvalue weighted by Crippen LogP contribution is -2.39. The van der Waals surface area contributed by atoms with E-state index in [-0.39, 0.29) is 16.3 Å². The number of hydrogen-bond donors (Lipinski definition) is 2. The fourth-order valence-corrected chi connectivity index (χ4v) is 4.33. The van der Waals surface area contributed by atoms with Crippen molar-refractivity contribution in [3.8, 4) is 5.75 Å². The van der Waals surface area contributed by atoms with Crippen LogP contribution in [0.3, 0.4) is 0 Å². The fourth-order valence-electron chi connectivity index (χ4n) is 2.91. The van der Waals surface area contributed by atoms with E-state index in [2.05, 4.69) is 10.5 Å². The molecule has 3 aromatic carbocycles. The van der Waals surface area contributed by atoms with Gasteiger partial charge in [0.05, 0.1) is 16.3 Å². The molecule has 0 saturated carbocycles. The molecule has 0 atom stereocenters. The maximum absolute atomic E-state index is 13.4. The van der Waals surface area contributed by atoms with E-state index in [1.54, 1.807) is 37.3 Å². The molecule has 0 spiro atoms. The number of nitrogens with zero attached hydrogens (tertiary/aromatic N) is 2. The highest BCUT2D eigenvalue weighted by atomic mass is 32.2. The molecule has 0 aliphatic rings. The highest BCUT2D eigenvalue weighted by Gasteiger charge is 2.27. The number of benzene rings is 3. The van der Waals surface area contributed by atoms with Crippen molar-refractivity contribution in [2.45, 2.75) is 18.7 Å². The summed E-state index contributed by atoms with van der Waals surface area (Å²) >= 11 is 0. The van der Waals surface area contributed by atoms with E-state index >= 15 is 0 Å². The number of aryl methyl sites for hydroxylation is 1.